The second-order valence-corrected chi connectivity index (χ2v) is 12.0. The first-order chi connectivity index (χ1) is 20.1. The van der Waals surface area contributed by atoms with Crippen molar-refractivity contribution in [3.63, 3.8) is 0 Å². The van der Waals surface area contributed by atoms with Crippen molar-refractivity contribution >= 4 is 23.4 Å². The molecule has 230 valence electrons. The molecule has 3 saturated heterocycles. The number of aliphatic hydroxyl groups is 1. The van der Waals surface area contributed by atoms with Crippen LogP contribution in [-0.2, 0) is 19.1 Å². The van der Waals surface area contributed by atoms with Gasteiger partial charge in [-0.25, -0.2) is 0 Å². The minimum absolute atomic E-state index is 0.0659. The van der Waals surface area contributed by atoms with Crippen LogP contribution >= 0.6 is 0 Å². The minimum atomic E-state index is -1.15. The van der Waals surface area contributed by atoms with E-state index in [4.69, 9.17) is 9.47 Å². The number of hydrogen-bond donors (Lipinski definition) is 1. The molecular formula is C33H47N3O6. The highest BCUT2D eigenvalue weighted by Gasteiger charge is 2.75. The number of rotatable bonds is 14. The Balaban J connectivity index is 1.79. The first-order valence-electron chi connectivity index (χ1n) is 15.3. The molecule has 1 aromatic rings. The Morgan fingerprint density at radius 1 is 1.14 bits per heavy atom. The number of ether oxygens (including phenoxy) is 2. The van der Waals surface area contributed by atoms with Crippen LogP contribution in [0.3, 0.4) is 0 Å². The summed E-state index contributed by atoms with van der Waals surface area (Å²) in [5, 5.41) is 10.6. The zero-order valence-corrected chi connectivity index (χ0v) is 25.7. The molecule has 4 rings (SSSR count). The van der Waals surface area contributed by atoms with E-state index in [1.54, 1.807) is 26.9 Å². The van der Waals surface area contributed by atoms with Gasteiger partial charge in [-0.3, -0.25) is 14.4 Å². The maximum atomic E-state index is 14.5. The quantitative estimate of drug-likeness (QED) is 0.336. The fourth-order valence-electron chi connectivity index (χ4n) is 7.20. The van der Waals surface area contributed by atoms with Crippen molar-refractivity contribution in [1.82, 2.24) is 9.80 Å². The van der Waals surface area contributed by atoms with Crippen molar-refractivity contribution < 1.29 is 29.0 Å². The van der Waals surface area contributed by atoms with E-state index in [9.17, 15) is 19.5 Å². The highest BCUT2D eigenvalue weighted by atomic mass is 16.5. The lowest BCUT2D eigenvalue weighted by Gasteiger charge is -2.41. The fourth-order valence-corrected chi connectivity index (χ4v) is 7.20. The summed E-state index contributed by atoms with van der Waals surface area (Å²) in [5.41, 5.74) is -0.479. The third kappa shape index (κ3) is 5.26. The second kappa shape index (κ2) is 13.0. The zero-order valence-electron chi connectivity index (χ0n) is 25.7. The Labute approximate surface area is 250 Å². The van der Waals surface area contributed by atoms with E-state index >= 15 is 0 Å². The van der Waals surface area contributed by atoms with Crippen molar-refractivity contribution in [3.8, 4) is 5.75 Å². The molecule has 2 unspecified atom stereocenters. The summed E-state index contributed by atoms with van der Waals surface area (Å²) in [6.45, 7) is 18.3. The molecule has 3 heterocycles. The highest BCUT2D eigenvalue weighted by molar-refractivity contribution is 6.03. The van der Waals surface area contributed by atoms with Crippen LogP contribution in [0.5, 0.6) is 5.75 Å². The van der Waals surface area contributed by atoms with Gasteiger partial charge in [-0.2, -0.15) is 0 Å². The molecule has 9 nitrogen and oxygen atoms in total. The van der Waals surface area contributed by atoms with Gasteiger partial charge >= 0.3 is 0 Å². The molecule has 1 N–H and O–H groups in total. The summed E-state index contributed by atoms with van der Waals surface area (Å²) < 4.78 is 12.2. The molecule has 3 aliphatic rings. The number of fused-ring (bicyclic) bond motifs is 1. The number of likely N-dealkylation sites (tertiary alicyclic amines) is 1. The Morgan fingerprint density at radius 2 is 1.81 bits per heavy atom. The molecule has 0 aromatic heterocycles. The van der Waals surface area contributed by atoms with Gasteiger partial charge in [0.25, 0.3) is 0 Å². The molecule has 1 spiro atoms. The van der Waals surface area contributed by atoms with Gasteiger partial charge in [0.1, 0.15) is 17.4 Å². The number of aliphatic hydroxyl groups excluding tert-OH is 1. The van der Waals surface area contributed by atoms with Gasteiger partial charge in [0, 0.05) is 24.8 Å². The number of benzene rings is 1. The van der Waals surface area contributed by atoms with Gasteiger partial charge in [-0.1, -0.05) is 32.4 Å². The summed E-state index contributed by atoms with van der Waals surface area (Å²) in [6, 6.07) is 5.62. The van der Waals surface area contributed by atoms with Crippen LogP contribution in [0.25, 0.3) is 0 Å². The molecule has 7 atom stereocenters. The standard InChI is InChI=1S/C33H47N3O6/c1-8-18-34(21(5)6)32(40)29-33-17-16-26(42-33)27(28(33)31(39)36(29)25(20-37)22(7)10-3)30(38)35(19-9-2)23-12-14-24(15-13-23)41-11-4/h8-9,12-15,21-22,25-29,37H,1-2,10-11,16-20H2,3-7H3/t22-,25-,26-,27+,28-,29?,33?/m0/s1. The van der Waals surface area contributed by atoms with E-state index in [-0.39, 0.29) is 42.8 Å². The van der Waals surface area contributed by atoms with Crippen LogP contribution < -0.4 is 9.64 Å². The highest BCUT2D eigenvalue weighted by Crippen LogP contribution is 2.59. The monoisotopic (exact) mass is 581 g/mol. The van der Waals surface area contributed by atoms with Crippen LogP contribution in [0, 0.1) is 17.8 Å². The average molecular weight is 582 g/mol. The van der Waals surface area contributed by atoms with E-state index in [1.807, 2.05) is 58.9 Å². The summed E-state index contributed by atoms with van der Waals surface area (Å²) in [4.78, 5) is 48.3. The maximum absolute atomic E-state index is 14.5. The third-order valence-electron chi connectivity index (χ3n) is 9.37. The Morgan fingerprint density at radius 3 is 2.36 bits per heavy atom. The third-order valence-corrected chi connectivity index (χ3v) is 9.37. The second-order valence-electron chi connectivity index (χ2n) is 12.0. The number of nitrogens with zero attached hydrogens (tertiary/aromatic N) is 3. The molecule has 0 radical (unpaired) electrons. The van der Waals surface area contributed by atoms with Crippen molar-refractivity contribution in [3.05, 3.63) is 49.6 Å². The van der Waals surface area contributed by atoms with E-state index < -0.39 is 35.6 Å². The number of hydrogen-bond acceptors (Lipinski definition) is 6. The van der Waals surface area contributed by atoms with Crippen LogP contribution in [-0.4, -0.2) is 88.8 Å². The normalized spacial score (nSPS) is 27.5. The van der Waals surface area contributed by atoms with E-state index in [2.05, 4.69) is 13.2 Å². The number of carbonyl (C=O) groups excluding carboxylic acids is 3. The van der Waals surface area contributed by atoms with Gasteiger partial charge in [0.2, 0.25) is 17.7 Å². The topological polar surface area (TPSA) is 99.6 Å². The molecule has 42 heavy (non-hydrogen) atoms. The Kier molecular flexibility index (Phi) is 9.83. The van der Waals surface area contributed by atoms with Crippen molar-refractivity contribution in [2.75, 3.05) is 31.2 Å². The van der Waals surface area contributed by atoms with E-state index in [0.29, 0.717) is 43.9 Å². The average Bonchev–Trinajstić information content (AvgIpc) is 3.62. The zero-order chi connectivity index (χ0) is 30.8. The van der Waals surface area contributed by atoms with Crippen molar-refractivity contribution in [1.29, 1.82) is 0 Å². The first kappa shape index (κ1) is 31.8. The van der Waals surface area contributed by atoms with E-state index in [1.165, 1.54) is 0 Å². The lowest BCUT2D eigenvalue weighted by molar-refractivity contribution is -0.153. The SMILES string of the molecule is C=CCN(C(=O)[C@@H]1[C@@H]2CCC3(O2)C(C(=O)N(CC=C)C(C)C)N([C@@H](CO)[C@@H](C)CC)C(=O)[C@H]13)c1ccc(OCC)cc1. The summed E-state index contributed by atoms with van der Waals surface area (Å²) >= 11 is 0. The van der Waals surface area contributed by atoms with Gasteiger partial charge in [-0.05, 0) is 63.8 Å². The van der Waals surface area contributed by atoms with Gasteiger partial charge in [-0.15, -0.1) is 13.2 Å². The predicted molar refractivity (Wildman–Crippen MR) is 162 cm³/mol. The van der Waals surface area contributed by atoms with E-state index in [0.717, 1.165) is 0 Å². The molecule has 1 aromatic carbocycles. The molecule has 3 amide bonds. The Hall–Kier alpha value is -3.17. The largest absolute Gasteiger partial charge is 0.494 e. The predicted octanol–water partition coefficient (Wildman–Crippen LogP) is 3.81. The maximum Gasteiger partial charge on any atom is 0.248 e. The van der Waals surface area contributed by atoms with Crippen LogP contribution in [0.2, 0.25) is 0 Å². The number of amides is 3. The molecule has 0 aliphatic carbocycles. The minimum Gasteiger partial charge on any atom is -0.494 e. The smallest absolute Gasteiger partial charge is 0.248 e. The molecule has 9 heteroatoms. The molecule has 3 aliphatic heterocycles. The van der Waals surface area contributed by atoms with Crippen LogP contribution in [0.4, 0.5) is 5.69 Å². The van der Waals surface area contributed by atoms with Crippen molar-refractivity contribution in [2.45, 2.75) is 83.7 Å². The fraction of sp³-hybridized carbons (Fsp3) is 0.606. The van der Waals surface area contributed by atoms with Gasteiger partial charge in [0.15, 0.2) is 0 Å². The molecule has 3 fully saturated rings. The van der Waals surface area contributed by atoms with Gasteiger partial charge in [0.05, 0.1) is 37.2 Å². The lowest BCUT2D eigenvalue weighted by Crippen LogP contribution is -2.60. The van der Waals surface area contributed by atoms with Crippen LogP contribution in [0.1, 0.15) is 53.9 Å². The molecule has 0 saturated carbocycles. The Bertz CT molecular complexity index is 1170. The van der Waals surface area contributed by atoms with Crippen molar-refractivity contribution in [2.24, 2.45) is 17.8 Å². The summed E-state index contributed by atoms with van der Waals surface area (Å²) in [5.74, 6) is -1.71. The van der Waals surface area contributed by atoms with Crippen LogP contribution in [0.15, 0.2) is 49.6 Å². The molecular weight excluding hydrogens is 534 g/mol. The summed E-state index contributed by atoms with van der Waals surface area (Å²) in [7, 11) is 0. The lowest BCUT2D eigenvalue weighted by atomic mass is 9.70. The van der Waals surface area contributed by atoms with Gasteiger partial charge < -0.3 is 29.3 Å². The number of anilines is 1. The molecule has 2 bridgehead atoms. The first-order valence-corrected chi connectivity index (χ1v) is 15.3. The number of carbonyl (C=O) groups is 3. The summed E-state index contributed by atoms with van der Waals surface area (Å²) in [6.07, 6.45) is 4.63.